The standard InChI is InChI=1S/C23H21N5O2S2/c1-14-15(2)28(12-16-7-5-4-6-8-16)21(17(14)11-24)26-19(29)13-32-23-25-18-9-10-31-20(18)22(30)27(23)3/h4-10H,12-13H2,1-3H3,(H,26,29). The average Bonchev–Trinajstić information content (AvgIpc) is 3.35. The number of thiophene rings is 1. The van der Waals surface area contributed by atoms with E-state index in [0.717, 1.165) is 16.8 Å². The van der Waals surface area contributed by atoms with E-state index >= 15 is 0 Å². The van der Waals surface area contributed by atoms with Gasteiger partial charge in [-0.2, -0.15) is 5.26 Å². The number of nitriles is 1. The molecular formula is C23H21N5O2S2. The molecule has 0 atom stereocenters. The minimum atomic E-state index is -0.266. The first-order chi connectivity index (χ1) is 15.4. The van der Waals surface area contributed by atoms with Gasteiger partial charge in [0.2, 0.25) is 5.91 Å². The summed E-state index contributed by atoms with van der Waals surface area (Å²) in [6, 6.07) is 13.9. The quantitative estimate of drug-likeness (QED) is 0.344. The summed E-state index contributed by atoms with van der Waals surface area (Å²) in [6.07, 6.45) is 0. The fraction of sp³-hybridized carbons (Fsp3) is 0.217. The van der Waals surface area contributed by atoms with Crippen LogP contribution < -0.4 is 10.9 Å². The van der Waals surface area contributed by atoms with Gasteiger partial charge in [-0.25, -0.2) is 4.98 Å². The third-order valence-corrected chi connectivity index (χ3v) is 7.28. The molecule has 3 aromatic heterocycles. The lowest BCUT2D eigenvalue weighted by molar-refractivity contribution is -0.113. The summed E-state index contributed by atoms with van der Waals surface area (Å²) in [5, 5.41) is 14.9. The third-order valence-electron chi connectivity index (χ3n) is 5.36. The SMILES string of the molecule is Cc1c(C#N)c(NC(=O)CSc2nc3ccsc3c(=O)n2C)n(Cc2ccccc2)c1C. The van der Waals surface area contributed by atoms with Crippen LogP contribution in [0, 0.1) is 25.2 Å². The molecule has 0 saturated carbocycles. The predicted octanol–water partition coefficient (Wildman–Crippen LogP) is 4.06. The Morgan fingerprint density at radius 3 is 2.72 bits per heavy atom. The van der Waals surface area contributed by atoms with Crippen LogP contribution in [0.4, 0.5) is 5.82 Å². The van der Waals surface area contributed by atoms with Gasteiger partial charge in [0.05, 0.1) is 16.8 Å². The summed E-state index contributed by atoms with van der Waals surface area (Å²) < 4.78 is 4.02. The van der Waals surface area contributed by atoms with Crippen molar-refractivity contribution in [3.63, 3.8) is 0 Å². The molecule has 7 nitrogen and oxygen atoms in total. The monoisotopic (exact) mass is 463 g/mol. The molecule has 0 unspecified atom stereocenters. The summed E-state index contributed by atoms with van der Waals surface area (Å²) >= 11 is 2.55. The van der Waals surface area contributed by atoms with Gasteiger partial charge < -0.3 is 9.88 Å². The van der Waals surface area contributed by atoms with Crippen LogP contribution >= 0.6 is 23.1 Å². The molecule has 4 rings (SSSR count). The number of anilines is 1. The van der Waals surface area contributed by atoms with Crippen LogP contribution in [0.1, 0.15) is 22.4 Å². The largest absolute Gasteiger partial charge is 0.326 e. The molecule has 32 heavy (non-hydrogen) atoms. The Morgan fingerprint density at radius 1 is 1.25 bits per heavy atom. The summed E-state index contributed by atoms with van der Waals surface area (Å²) in [5.74, 6) is 0.292. The van der Waals surface area contributed by atoms with Gasteiger partial charge in [-0.05, 0) is 36.4 Å². The van der Waals surface area contributed by atoms with Crippen molar-refractivity contribution in [3.05, 3.63) is 74.5 Å². The lowest BCUT2D eigenvalue weighted by atomic mass is 10.2. The highest BCUT2D eigenvalue weighted by Gasteiger charge is 2.20. The number of carbonyl (C=O) groups is 1. The van der Waals surface area contributed by atoms with Crippen LogP contribution in [0.15, 0.2) is 51.7 Å². The van der Waals surface area contributed by atoms with Crippen molar-refractivity contribution >= 4 is 45.0 Å². The molecule has 3 heterocycles. The van der Waals surface area contributed by atoms with Crippen molar-refractivity contribution in [3.8, 4) is 6.07 Å². The topological polar surface area (TPSA) is 92.7 Å². The zero-order valence-corrected chi connectivity index (χ0v) is 19.5. The molecule has 1 amide bonds. The number of benzene rings is 1. The van der Waals surface area contributed by atoms with E-state index < -0.39 is 0 Å². The van der Waals surface area contributed by atoms with Gasteiger partial charge in [0.25, 0.3) is 5.56 Å². The summed E-state index contributed by atoms with van der Waals surface area (Å²) in [7, 11) is 1.65. The summed E-state index contributed by atoms with van der Waals surface area (Å²) in [5.41, 5.74) is 3.82. The number of carbonyl (C=O) groups excluding carboxylic acids is 1. The molecule has 0 aliphatic carbocycles. The number of amides is 1. The number of rotatable bonds is 6. The molecular weight excluding hydrogens is 442 g/mol. The molecule has 0 aliphatic heterocycles. The number of aromatic nitrogens is 3. The number of fused-ring (bicyclic) bond motifs is 1. The second-order valence-corrected chi connectivity index (χ2v) is 9.21. The molecule has 0 bridgehead atoms. The molecule has 0 aliphatic rings. The first kappa shape index (κ1) is 21.9. The molecule has 1 N–H and O–H groups in total. The Hall–Kier alpha value is -3.35. The maximum Gasteiger partial charge on any atom is 0.271 e. The number of hydrogen-bond donors (Lipinski definition) is 1. The van der Waals surface area contributed by atoms with E-state index in [9.17, 15) is 14.9 Å². The average molecular weight is 464 g/mol. The molecule has 0 radical (unpaired) electrons. The van der Waals surface area contributed by atoms with E-state index in [0.29, 0.717) is 33.3 Å². The van der Waals surface area contributed by atoms with Gasteiger partial charge in [-0.15, -0.1) is 11.3 Å². The molecule has 0 saturated heterocycles. The number of hydrogen-bond acceptors (Lipinski definition) is 6. The van der Waals surface area contributed by atoms with Crippen LogP contribution in [0.2, 0.25) is 0 Å². The fourth-order valence-corrected chi connectivity index (χ4v) is 5.07. The molecule has 0 spiro atoms. The highest BCUT2D eigenvalue weighted by atomic mass is 32.2. The number of nitrogens with zero attached hydrogens (tertiary/aromatic N) is 4. The van der Waals surface area contributed by atoms with Gasteiger partial charge in [-0.3, -0.25) is 14.2 Å². The van der Waals surface area contributed by atoms with E-state index in [1.165, 1.54) is 27.7 Å². The van der Waals surface area contributed by atoms with Crippen molar-refractivity contribution in [2.75, 3.05) is 11.1 Å². The van der Waals surface area contributed by atoms with E-state index in [2.05, 4.69) is 16.4 Å². The lowest BCUT2D eigenvalue weighted by Gasteiger charge is -2.13. The Bertz CT molecular complexity index is 1410. The second-order valence-electron chi connectivity index (χ2n) is 7.35. The molecule has 1 aromatic carbocycles. The lowest BCUT2D eigenvalue weighted by Crippen LogP contribution is -2.21. The maximum atomic E-state index is 12.8. The Morgan fingerprint density at radius 2 is 2.00 bits per heavy atom. The fourth-order valence-electron chi connectivity index (χ4n) is 3.49. The minimum absolute atomic E-state index is 0.0649. The highest BCUT2D eigenvalue weighted by molar-refractivity contribution is 7.99. The van der Waals surface area contributed by atoms with Gasteiger partial charge >= 0.3 is 0 Å². The van der Waals surface area contributed by atoms with Gasteiger partial charge in [-0.1, -0.05) is 42.1 Å². The normalized spacial score (nSPS) is 10.9. The maximum absolute atomic E-state index is 12.8. The first-order valence-corrected chi connectivity index (χ1v) is 11.8. The van der Waals surface area contributed by atoms with E-state index in [4.69, 9.17) is 0 Å². The summed E-state index contributed by atoms with van der Waals surface area (Å²) in [4.78, 5) is 29.8. The minimum Gasteiger partial charge on any atom is -0.326 e. The predicted molar refractivity (Wildman–Crippen MR) is 128 cm³/mol. The molecule has 162 valence electrons. The molecule has 0 fully saturated rings. The third kappa shape index (κ3) is 4.07. The highest BCUT2D eigenvalue weighted by Crippen LogP contribution is 2.28. The van der Waals surface area contributed by atoms with Crippen molar-refractivity contribution < 1.29 is 4.79 Å². The van der Waals surface area contributed by atoms with Crippen molar-refractivity contribution in [1.82, 2.24) is 14.1 Å². The van der Waals surface area contributed by atoms with Crippen molar-refractivity contribution in [1.29, 1.82) is 5.26 Å². The van der Waals surface area contributed by atoms with Crippen LogP contribution in [-0.2, 0) is 18.4 Å². The number of thioether (sulfide) groups is 1. The smallest absolute Gasteiger partial charge is 0.271 e. The van der Waals surface area contributed by atoms with E-state index in [-0.39, 0.29) is 17.2 Å². The number of nitrogens with one attached hydrogen (secondary N) is 1. The van der Waals surface area contributed by atoms with Gasteiger partial charge in [0, 0.05) is 19.3 Å². The zero-order valence-electron chi connectivity index (χ0n) is 17.9. The van der Waals surface area contributed by atoms with Crippen LogP contribution in [0.25, 0.3) is 10.2 Å². The zero-order chi connectivity index (χ0) is 22.8. The van der Waals surface area contributed by atoms with E-state index in [1.807, 2.05) is 54.1 Å². The Balaban J connectivity index is 1.57. The molecule has 9 heteroatoms. The Labute approximate surface area is 193 Å². The van der Waals surface area contributed by atoms with E-state index in [1.54, 1.807) is 13.1 Å². The Kier molecular flexibility index (Phi) is 6.17. The van der Waals surface area contributed by atoms with Crippen molar-refractivity contribution in [2.24, 2.45) is 7.05 Å². The summed E-state index contributed by atoms with van der Waals surface area (Å²) in [6.45, 7) is 4.37. The van der Waals surface area contributed by atoms with Crippen LogP contribution in [0.3, 0.4) is 0 Å². The van der Waals surface area contributed by atoms with Gasteiger partial charge in [0.1, 0.15) is 16.6 Å². The van der Waals surface area contributed by atoms with Crippen LogP contribution in [-0.4, -0.2) is 25.8 Å². The van der Waals surface area contributed by atoms with Crippen molar-refractivity contribution in [2.45, 2.75) is 25.5 Å². The first-order valence-electron chi connectivity index (χ1n) is 9.91. The molecule has 4 aromatic rings. The second kappa shape index (κ2) is 9.02. The van der Waals surface area contributed by atoms with Gasteiger partial charge in [0.15, 0.2) is 5.16 Å². The van der Waals surface area contributed by atoms with Crippen LogP contribution in [0.5, 0.6) is 0 Å².